The summed E-state index contributed by atoms with van der Waals surface area (Å²) in [5.74, 6) is 2.95. The highest BCUT2D eigenvalue weighted by Crippen LogP contribution is 2.29. The van der Waals surface area contributed by atoms with Crippen LogP contribution in [-0.4, -0.2) is 63.2 Å². The zero-order valence-corrected chi connectivity index (χ0v) is 19.1. The van der Waals surface area contributed by atoms with Crippen LogP contribution in [0.3, 0.4) is 0 Å². The molecule has 0 radical (unpaired) electrons. The fourth-order valence-electron chi connectivity index (χ4n) is 3.55. The fourth-order valence-corrected chi connectivity index (χ4v) is 3.55. The summed E-state index contributed by atoms with van der Waals surface area (Å²) < 4.78 is 5.44. The van der Waals surface area contributed by atoms with E-state index >= 15 is 0 Å². The van der Waals surface area contributed by atoms with Crippen LogP contribution >= 0.6 is 24.0 Å². The number of halogens is 1. The lowest BCUT2D eigenvalue weighted by atomic mass is 9.80. The van der Waals surface area contributed by atoms with E-state index in [9.17, 15) is 4.79 Å². The molecule has 152 valence electrons. The Hall–Kier alpha value is -0.570. The van der Waals surface area contributed by atoms with Gasteiger partial charge < -0.3 is 20.3 Å². The number of rotatable bonds is 6. The molecule has 1 saturated heterocycles. The highest BCUT2D eigenvalue weighted by Gasteiger charge is 2.24. The minimum atomic E-state index is 0. The zero-order chi connectivity index (χ0) is 18.2. The lowest BCUT2D eigenvalue weighted by molar-refractivity contribution is -0.127. The summed E-state index contributed by atoms with van der Waals surface area (Å²) in [5, 5.41) is 6.99. The number of carbonyl (C=O) groups excluding carboxylic acids is 1. The molecule has 2 fully saturated rings. The molecule has 6 nitrogen and oxygen atoms in total. The van der Waals surface area contributed by atoms with Crippen molar-refractivity contribution in [3.05, 3.63) is 0 Å². The first-order valence-corrected chi connectivity index (χ1v) is 9.78. The fraction of sp³-hybridized carbons (Fsp3) is 0.895. The SMILES string of the molecule is CC(C)C1CCC(NC(=NCC(=O)N(C)C)NCC2CCOC2)CC1.I. The first-order valence-electron chi connectivity index (χ1n) is 9.78. The molecule has 7 heteroatoms. The molecule has 2 rings (SSSR count). The smallest absolute Gasteiger partial charge is 0.243 e. The molecule has 0 spiro atoms. The van der Waals surface area contributed by atoms with Gasteiger partial charge in [-0.1, -0.05) is 13.8 Å². The van der Waals surface area contributed by atoms with E-state index in [-0.39, 0.29) is 36.4 Å². The number of nitrogens with one attached hydrogen (secondary N) is 2. The average molecular weight is 480 g/mol. The number of amides is 1. The quantitative estimate of drug-likeness (QED) is 0.349. The van der Waals surface area contributed by atoms with Crippen molar-refractivity contribution in [1.29, 1.82) is 0 Å². The topological polar surface area (TPSA) is 66.0 Å². The van der Waals surface area contributed by atoms with Gasteiger partial charge in [-0.15, -0.1) is 24.0 Å². The largest absolute Gasteiger partial charge is 0.381 e. The van der Waals surface area contributed by atoms with Crippen LogP contribution in [-0.2, 0) is 9.53 Å². The molecule has 2 aliphatic rings. The first-order chi connectivity index (χ1) is 12.0. The minimum absolute atomic E-state index is 0. The molecule has 0 aromatic heterocycles. The predicted octanol–water partition coefficient (Wildman–Crippen LogP) is 2.48. The molecule has 1 aliphatic heterocycles. The third-order valence-electron chi connectivity index (χ3n) is 5.51. The van der Waals surface area contributed by atoms with Gasteiger partial charge in [0.2, 0.25) is 5.91 Å². The van der Waals surface area contributed by atoms with E-state index in [1.807, 2.05) is 0 Å². The van der Waals surface area contributed by atoms with Gasteiger partial charge in [-0.2, -0.15) is 0 Å². The van der Waals surface area contributed by atoms with Gasteiger partial charge in [0, 0.05) is 39.2 Å². The Bertz CT molecular complexity index is 443. The number of likely N-dealkylation sites (N-methyl/N-ethyl adjacent to an activating group) is 1. The number of carbonyl (C=O) groups is 1. The Morgan fingerprint density at radius 1 is 1.19 bits per heavy atom. The van der Waals surface area contributed by atoms with Gasteiger partial charge in [-0.05, 0) is 43.9 Å². The van der Waals surface area contributed by atoms with Crippen molar-refractivity contribution >= 4 is 35.8 Å². The summed E-state index contributed by atoms with van der Waals surface area (Å²) in [6, 6.07) is 0.454. The van der Waals surface area contributed by atoms with Crippen molar-refractivity contribution < 1.29 is 9.53 Å². The van der Waals surface area contributed by atoms with Crippen molar-refractivity contribution in [1.82, 2.24) is 15.5 Å². The van der Waals surface area contributed by atoms with Crippen LogP contribution in [0.15, 0.2) is 4.99 Å². The highest BCUT2D eigenvalue weighted by atomic mass is 127. The molecular formula is C19H37IN4O2. The first kappa shape index (κ1) is 23.5. The molecule has 1 heterocycles. The highest BCUT2D eigenvalue weighted by molar-refractivity contribution is 14.0. The monoisotopic (exact) mass is 480 g/mol. The van der Waals surface area contributed by atoms with Crippen molar-refractivity contribution in [2.45, 2.75) is 52.0 Å². The minimum Gasteiger partial charge on any atom is -0.381 e. The van der Waals surface area contributed by atoms with Gasteiger partial charge in [0.15, 0.2) is 5.96 Å². The van der Waals surface area contributed by atoms with E-state index in [0.29, 0.717) is 12.0 Å². The molecule has 1 atom stereocenters. The Morgan fingerprint density at radius 2 is 1.88 bits per heavy atom. The Kier molecular flexibility index (Phi) is 10.8. The Morgan fingerprint density at radius 3 is 2.42 bits per heavy atom. The van der Waals surface area contributed by atoms with Crippen LogP contribution < -0.4 is 10.6 Å². The number of guanidine groups is 1. The molecule has 0 bridgehead atoms. The van der Waals surface area contributed by atoms with Crippen LogP contribution in [0.4, 0.5) is 0 Å². The summed E-state index contributed by atoms with van der Waals surface area (Å²) in [4.78, 5) is 18.0. The van der Waals surface area contributed by atoms with E-state index in [0.717, 1.165) is 44.0 Å². The summed E-state index contributed by atoms with van der Waals surface area (Å²) in [6.07, 6.45) is 6.00. The van der Waals surface area contributed by atoms with Crippen LogP contribution in [0.2, 0.25) is 0 Å². The molecular weight excluding hydrogens is 443 g/mol. The third-order valence-corrected chi connectivity index (χ3v) is 5.51. The van der Waals surface area contributed by atoms with Gasteiger partial charge in [0.25, 0.3) is 0 Å². The second-order valence-corrected chi connectivity index (χ2v) is 8.06. The summed E-state index contributed by atoms with van der Waals surface area (Å²) in [5.41, 5.74) is 0. The van der Waals surface area contributed by atoms with Crippen LogP contribution in [0.25, 0.3) is 0 Å². The maximum atomic E-state index is 11.9. The molecule has 1 unspecified atom stereocenters. The van der Waals surface area contributed by atoms with Crippen molar-refractivity contribution in [2.75, 3.05) is 40.4 Å². The molecule has 26 heavy (non-hydrogen) atoms. The lowest BCUT2D eigenvalue weighted by Crippen LogP contribution is -2.47. The van der Waals surface area contributed by atoms with Gasteiger partial charge in [0.1, 0.15) is 6.54 Å². The molecule has 1 aliphatic carbocycles. The summed E-state index contributed by atoms with van der Waals surface area (Å²) in [6.45, 7) is 7.35. The standard InChI is InChI=1S/C19H36N4O2.HI/c1-14(2)16-5-7-17(8-6-16)22-19(21-12-18(24)23(3)4)20-11-15-9-10-25-13-15;/h14-17H,5-13H2,1-4H3,(H2,20,21,22);1H. The zero-order valence-electron chi connectivity index (χ0n) is 16.8. The second kappa shape index (κ2) is 12.0. The van der Waals surface area contributed by atoms with Gasteiger partial charge >= 0.3 is 0 Å². The normalized spacial score (nSPS) is 26.3. The van der Waals surface area contributed by atoms with Crippen LogP contribution in [0.5, 0.6) is 0 Å². The number of ether oxygens (including phenoxy) is 1. The number of hydrogen-bond donors (Lipinski definition) is 2. The maximum absolute atomic E-state index is 11.9. The van der Waals surface area contributed by atoms with E-state index in [1.54, 1.807) is 19.0 Å². The number of aliphatic imine (C=N–C) groups is 1. The van der Waals surface area contributed by atoms with Crippen LogP contribution in [0.1, 0.15) is 46.0 Å². The Labute approximate surface area is 175 Å². The molecule has 1 saturated carbocycles. The predicted molar refractivity (Wildman–Crippen MR) is 117 cm³/mol. The molecule has 0 aromatic rings. The molecule has 1 amide bonds. The van der Waals surface area contributed by atoms with Gasteiger partial charge in [0.05, 0.1) is 6.61 Å². The maximum Gasteiger partial charge on any atom is 0.243 e. The lowest BCUT2D eigenvalue weighted by Gasteiger charge is -2.32. The van der Waals surface area contributed by atoms with Gasteiger partial charge in [-0.25, -0.2) is 4.99 Å². The van der Waals surface area contributed by atoms with Crippen molar-refractivity contribution in [2.24, 2.45) is 22.7 Å². The Balaban J connectivity index is 0.00000338. The number of hydrogen-bond acceptors (Lipinski definition) is 3. The number of nitrogens with zero attached hydrogens (tertiary/aromatic N) is 2. The van der Waals surface area contributed by atoms with Crippen LogP contribution in [0, 0.1) is 17.8 Å². The summed E-state index contributed by atoms with van der Waals surface area (Å²) in [7, 11) is 3.53. The van der Waals surface area contributed by atoms with Crippen molar-refractivity contribution in [3.63, 3.8) is 0 Å². The molecule has 2 N–H and O–H groups in total. The summed E-state index contributed by atoms with van der Waals surface area (Å²) >= 11 is 0. The van der Waals surface area contributed by atoms with E-state index in [4.69, 9.17) is 4.74 Å². The van der Waals surface area contributed by atoms with E-state index < -0.39 is 0 Å². The van der Waals surface area contributed by atoms with Gasteiger partial charge in [-0.3, -0.25) is 4.79 Å². The second-order valence-electron chi connectivity index (χ2n) is 8.06. The van der Waals surface area contributed by atoms with E-state index in [2.05, 4.69) is 29.5 Å². The molecule has 0 aromatic carbocycles. The van der Waals surface area contributed by atoms with Crippen molar-refractivity contribution in [3.8, 4) is 0 Å². The van der Waals surface area contributed by atoms with E-state index in [1.165, 1.54) is 25.7 Å². The average Bonchev–Trinajstić information content (AvgIpc) is 3.10. The third kappa shape index (κ3) is 7.98.